The highest BCUT2D eigenvalue weighted by Gasteiger charge is 2.07. The number of esters is 1. The summed E-state index contributed by atoms with van der Waals surface area (Å²) < 4.78 is 9.96. The Balaban J connectivity index is 2.28. The van der Waals surface area contributed by atoms with Gasteiger partial charge in [0.2, 0.25) is 0 Å². The minimum atomic E-state index is -0.801. The Hall–Kier alpha value is -1.55. The molecule has 0 aromatic heterocycles. The van der Waals surface area contributed by atoms with Crippen LogP contribution in [0.3, 0.4) is 0 Å². The Kier molecular flexibility index (Phi) is 4.79. The number of aryl methyl sites for hydroxylation is 1. The minimum absolute atomic E-state index is 0.0405. The molecule has 0 aliphatic carbocycles. The zero-order valence-electron chi connectivity index (χ0n) is 9.47. The lowest BCUT2D eigenvalue weighted by molar-refractivity contribution is -0.144. The standard InChI is InChI=1S/C12H16O4/c1-9-3-5-12(6-4-9)16-8-11(14)7-15-10(2)13/h3-6,11,14H,7-8H2,1-2H3. The highest BCUT2D eigenvalue weighted by Crippen LogP contribution is 2.11. The summed E-state index contributed by atoms with van der Waals surface area (Å²) in [5.41, 5.74) is 1.15. The van der Waals surface area contributed by atoms with Gasteiger partial charge in [-0.3, -0.25) is 4.79 Å². The van der Waals surface area contributed by atoms with Crippen molar-refractivity contribution in [1.82, 2.24) is 0 Å². The van der Waals surface area contributed by atoms with Crippen LogP contribution in [0, 0.1) is 6.92 Å². The van der Waals surface area contributed by atoms with Gasteiger partial charge in [0.15, 0.2) is 0 Å². The second kappa shape index (κ2) is 6.12. The molecule has 1 N–H and O–H groups in total. The molecular formula is C12H16O4. The number of rotatable bonds is 5. The van der Waals surface area contributed by atoms with Crippen LogP contribution in [0.2, 0.25) is 0 Å². The number of carbonyl (C=O) groups excluding carboxylic acids is 1. The molecule has 0 heterocycles. The quantitative estimate of drug-likeness (QED) is 0.766. The minimum Gasteiger partial charge on any atom is -0.491 e. The first-order chi connectivity index (χ1) is 7.58. The van der Waals surface area contributed by atoms with Crippen LogP contribution in [0.5, 0.6) is 5.75 Å². The molecule has 0 amide bonds. The van der Waals surface area contributed by atoms with Crippen molar-refractivity contribution in [2.45, 2.75) is 20.0 Å². The van der Waals surface area contributed by atoms with Crippen molar-refractivity contribution in [3.05, 3.63) is 29.8 Å². The van der Waals surface area contributed by atoms with E-state index in [9.17, 15) is 9.90 Å². The van der Waals surface area contributed by atoms with Gasteiger partial charge >= 0.3 is 5.97 Å². The van der Waals surface area contributed by atoms with Crippen molar-refractivity contribution in [2.24, 2.45) is 0 Å². The molecule has 0 bridgehead atoms. The molecule has 0 saturated carbocycles. The number of aliphatic hydroxyl groups excluding tert-OH is 1. The van der Waals surface area contributed by atoms with E-state index in [1.54, 1.807) is 0 Å². The topological polar surface area (TPSA) is 55.8 Å². The molecule has 0 aliphatic heterocycles. The second-order valence-corrected chi connectivity index (χ2v) is 3.58. The van der Waals surface area contributed by atoms with Crippen molar-refractivity contribution < 1.29 is 19.4 Å². The van der Waals surface area contributed by atoms with Crippen LogP contribution in [0.4, 0.5) is 0 Å². The van der Waals surface area contributed by atoms with E-state index < -0.39 is 12.1 Å². The smallest absolute Gasteiger partial charge is 0.302 e. The highest BCUT2D eigenvalue weighted by molar-refractivity contribution is 5.65. The fourth-order valence-corrected chi connectivity index (χ4v) is 1.09. The van der Waals surface area contributed by atoms with Gasteiger partial charge in [-0.1, -0.05) is 17.7 Å². The summed E-state index contributed by atoms with van der Waals surface area (Å²) in [6, 6.07) is 7.50. The Morgan fingerprint density at radius 2 is 1.94 bits per heavy atom. The van der Waals surface area contributed by atoms with Gasteiger partial charge in [0.05, 0.1) is 0 Å². The summed E-state index contributed by atoms with van der Waals surface area (Å²) in [4.78, 5) is 10.5. The third-order valence-electron chi connectivity index (χ3n) is 1.94. The summed E-state index contributed by atoms with van der Waals surface area (Å²) in [5.74, 6) is 0.280. The number of ether oxygens (including phenoxy) is 2. The number of carbonyl (C=O) groups is 1. The van der Waals surface area contributed by atoms with Gasteiger partial charge in [0, 0.05) is 6.92 Å². The SMILES string of the molecule is CC(=O)OCC(O)COc1ccc(C)cc1. The van der Waals surface area contributed by atoms with Gasteiger partial charge in [-0.15, -0.1) is 0 Å². The van der Waals surface area contributed by atoms with E-state index in [1.165, 1.54) is 6.92 Å². The summed E-state index contributed by atoms with van der Waals surface area (Å²) >= 11 is 0. The molecule has 0 aliphatic rings. The normalized spacial score (nSPS) is 11.9. The molecule has 0 fully saturated rings. The van der Waals surface area contributed by atoms with Crippen molar-refractivity contribution in [3.8, 4) is 5.75 Å². The predicted molar refractivity (Wildman–Crippen MR) is 59.3 cm³/mol. The number of hydrogen-bond donors (Lipinski definition) is 1. The van der Waals surface area contributed by atoms with Gasteiger partial charge in [-0.05, 0) is 19.1 Å². The first-order valence-electron chi connectivity index (χ1n) is 5.09. The third kappa shape index (κ3) is 4.79. The van der Waals surface area contributed by atoms with Crippen molar-refractivity contribution in [3.63, 3.8) is 0 Å². The first kappa shape index (κ1) is 12.5. The van der Waals surface area contributed by atoms with Crippen molar-refractivity contribution in [1.29, 1.82) is 0 Å². The first-order valence-corrected chi connectivity index (χ1v) is 5.09. The van der Waals surface area contributed by atoms with Gasteiger partial charge < -0.3 is 14.6 Å². The molecule has 0 radical (unpaired) electrons. The maximum atomic E-state index is 10.5. The van der Waals surface area contributed by atoms with Crippen LogP contribution < -0.4 is 4.74 Å². The Morgan fingerprint density at radius 1 is 1.31 bits per heavy atom. The monoisotopic (exact) mass is 224 g/mol. The molecule has 1 aromatic carbocycles. The van der Waals surface area contributed by atoms with E-state index in [2.05, 4.69) is 4.74 Å². The zero-order chi connectivity index (χ0) is 12.0. The fraction of sp³-hybridized carbons (Fsp3) is 0.417. The van der Waals surface area contributed by atoms with Gasteiger partial charge in [-0.2, -0.15) is 0 Å². The number of aliphatic hydroxyl groups is 1. The highest BCUT2D eigenvalue weighted by atomic mass is 16.5. The van der Waals surface area contributed by atoms with Gasteiger partial charge in [-0.25, -0.2) is 0 Å². The summed E-state index contributed by atoms with van der Waals surface area (Å²) in [6.45, 7) is 3.35. The fourth-order valence-electron chi connectivity index (χ4n) is 1.09. The number of benzene rings is 1. The van der Waals surface area contributed by atoms with Crippen LogP contribution in [0.15, 0.2) is 24.3 Å². The van der Waals surface area contributed by atoms with E-state index in [0.717, 1.165) is 5.56 Å². The van der Waals surface area contributed by atoms with E-state index in [4.69, 9.17) is 4.74 Å². The maximum absolute atomic E-state index is 10.5. The molecule has 1 aromatic rings. The van der Waals surface area contributed by atoms with Crippen LogP contribution in [0.1, 0.15) is 12.5 Å². The average molecular weight is 224 g/mol. The molecule has 16 heavy (non-hydrogen) atoms. The lowest BCUT2D eigenvalue weighted by atomic mass is 10.2. The molecule has 4 heteroatoms. The molecule has 1 unspecified atom stereocenters. The second-order valence-electron chi connectivity index (χ2n) is 3.58. The third-order valence-corrected chi connectivity index (χ3v) is 1.94. The molecule has 0 saturated heterocycles. The Bertz CT molecular complexity index is 331. The lowest BCUT2D eigenvalue weighted by Gasteiger charge is -2.12. The van der Waals surface area contributed by atoms with Crippen LogP contribution in [0.25, 0.3) is 0 Å². The van der Waals surface area contributed by atoms with Crippen LogP contribution in [-0.4, -0.2) is 30.4 Å². The largest absolute Gasteiger partial charge is 0.491 e. The lowest BCUT2D eigenvalue weighted by Crippen LogP contribution is -2.24. The van der Waals surface area contributed by atoms with E-state index in [0.29, 0.717) is 5.75 Å². The van der Waals surface area contributed by atoms with Gasteiger partial charge in [0.25, 0.3) is 0 Å². The van der Waals surface area contributed by atoms with Gasteiger partial charge in [0.1, 0.15) is 25.1 Å². The zero-order valence-corrected chi connectivity index (χ0v) is 9.47. The average Bonchev–Trinajstić information content (AvgIpc) is 2.25. The number of hydrogen-bond acceptors (Lipinski definition) is 4. The van der Waals surface area contributed by atoms with Crippen LogP contribution in [-0.2, 0) is 9.53 Å². The summed E-state index contributed by atoms with van der Waals surface area (Å²) in [5, 5.41) is 9.41. The van der Waals surface area contributed by atoms with Crippen molar-refractivity contribution in [2.75, 3.05) is 13.2 Å². The molecule has 4 nitrogen and oxygen atoms in total. The molecule has 0 spiro atoms. The summed E-state index contributed by atoms with van der Waals surface area (Å²) in [7, 11) is 0. The Morgan fingerprint density at radius 3 is 2.50 bits per heavy atom. The molecular weight excluding hydrogens is 208 g/mol. The van der Waals surface area contributed by atoms with Crippen molar-refractivity contribution >= 4 is 5.97 Å². The molecule has 88 valence electrons. The molecule has 1 atom stereocenters. The maximum Gasteiger partial charge on any atom is 0.302 e. The molecule has 1 rings (SSSR count). The van der Waals surface area contributed by atoms with E-state index in [1.807, 2.05) is 31.2 Å². The predicted octanol–water partition coefficient (Wildman–Crippen LogP) is 1.30. The summed E-state index contributed by atoms with van der Waals surface area (Å²) in [6.07, 6.45) is -0.801. The van der Waals surface area contributed by atoms with E-state index >= 15 is 0 Å². The van der Waals surface area contributed by atoms with E-state index in [-0.39, 0.29) is 13.2 Å². The Labute approximate surface area is 94.8 Å². The van der Waals surface area contributed by atoms with Crippen LogP contribution >= 0.6 is 0 Å².